The fourth-order valence-electron chi connectivity index (χ4n) is 2.35. The Morgan fingerprint density at radius 3 is 2.53 bits per heavy atom. The average molecular weight is 229 g/mol. The van der Waals surface area contributed by atoms with Gasteiger partial charge in [0.1, 0.15) is 0 Å². The molecule has 2 rings (SSSR count). The maximum absolute atomic E-state index is 11.9. The first kappa shape index (κ1) is 11.3. The second-order valence-corrected chi connectivity index (χ2v) is 5.63. The molecule has 1 aliphatic carbocycles. The van der Waals surface area contributed by atoms with E-state index in [9.17, 15) is 9.90 Å². The van der Waals surface area contributed by atoms with Crippen LogP contribution < -0.4 is 5.32 Å². The van der Waals surface area contributed by atoms with Gasteiger partial charge in [0, 0.05) is 17.4 Å². The van der Waals surface area contributed by atoms with Gasteiger partial charge in [0.2, 0.25) is 5.91 Å². The summed E-state index contributed by atoms with van der Waals surface area (Å²) < 4.78 is 0. The van der Waals surface area contributed by atoms with Crippen LogP contribution in [0.3, 0.4) is 0 Å². The van der Waals surface area contributed by atoms with Crippen molar-refractivity contribution >= 4 is 17.7 Å². The van der Waals surface area contributed by atoms with Crippen molar-refractivity contribution in [2.75, 3.05) is 11.5 Å². The molecule has 15 heavy (non-hydrogen) atoms. The van der Waals surface area contributed by atoms with E-state index in [1.807, 2.05) is 0 Å². The van der Waals surface area contributed by atoms with Crippen molar-refractivity contribution in [1.82, 2.24) is 5.32 Å². The SMILES string of the molecule is O=C(NC1CSCC1O)C1CCCCC1. The molecule has 0 radical (unpaired) electrons. The van der Waals surface area contributed by atoms with Gasteiger partial charge in [-0.2, -0.15) is 11.8 Å². The van der Waals surface area contributed by atoms with Gasteiger partial charge in [-0.1, -0.05) is 19.3 Å². The Morgan fingerprint density at radius 1 is 1.20 bits per heavy atom. The lowest BCUT2D eigenvalue weighted by atomic mass is 9.88. The summed E-state index contributed by atoms with van der Waals surface area (Å²) in [6.45, 7) is 0. The smallest absolute Gasteiger partial charge is 0.223 e. The molecule has 4 heteroatoms. The molecule has 1 saturated heterocycles. The molecule has 2 atom stereocenters. The topological polar surface area (TPSA) is 49.3 Å². The van der Waals surface area contributed by atoms with Gasteiger partial charge >= 0.3 is 0 Å². The van der Waals surface area contributed by atoms with Crippen LogP contribution >= 0.6 is 11.8 Å². The second-order valence-electron chi connectivity index (χ2n) is 4.55. The molecular weight excluding hydrogens is 210 g/mol. The summed E-state index contributed by atoms with van der Waals surface area (Å²) in [6.07, 6.45) is 5.34. The highest BCUT2D eigenvalue weighted by Crippen LogP contribution is 2.25. The Balaban J connectivity index is 1.80. The minimum Gasteiger partial charge on any atom is -0.390 e. The molecule has 2 N–H and O–H groups in total. The molecule has 3 nitrogen and oxygen atoms in total. The third kappa shape index (κ3) is 2.88. The Labute approximate surface area is 95.0 Å². The number of hydrogen-bond donors (Lipinski definition) is 2. The van der Waals surface area contributed by atoms with Gasteiger partial charge in [0.15, 0.2) is 0 Å². The van der Waals surface area contributed by atoms with Crippen molar-refractivity contribution in [2.24, 2.45) is 5.92 Å². The Morgan fingerprint density at radius 2 is 1.93 bits per heavy atom. The number of nitrogens with one attached hydrogen (secondary N) is 1. The number of rotatable bonds is 2. The second kappa shape index (κ2) is 5.21. The zero-order valence-corrected chi connectivity index (χ0v) is 9.76. The summed E-state index contributed by atoms with van der Waals surface area (Å²) in [6, 6.07) is -0.00979. The third-order valence-corrected chi connectivity index (χ3v) is 4.53. The lowest BCUT2D eigenvalue weighted by Gasteiger charge is -2.23. The summed E-state index contributed by atoms with van der Waals surface area (Å²) in [5, 5.41) is 12.6. The number of hydrogen-bond acceptors (Lipinski definition) is 3. The fraction of sp³-hybridized carbons (Fsp3) is 0.909. The van der Waals surface area contributed by atoms with Gasteiger partial charge in [-0.3, -0.25) is 4.79 Å². The predicted molar refractivity (Wildman–Crippen MR) is 61.8 cm³/mol. The molecular formula is C11H19NO2S. The molecule has 86 valence electrons. The van der Waals surface area contributed by atoms with Gasteiger partial charge in [-0.25, -0.2) is 0 Å². The Kier molecular flexibility index (Phi) is 3.92. The molecule has 0 bridgehead atoms. The molecule has 2 unspecified atom stereocenters. The zero-order valence-electron chi connectivity index (χ0n) is 8.95. The summed E-state index contributed by atoms with van der Waals surface area (Å²) in [5.74, 6) is 1.99. The van der Waals surface area contributed by atoms with Crippen molar-refractivity contribution in [3.8, 4) is 0 Å². The maximum Gasteiger partial charge on any atom is 0.223 e. The van der Waals surface area contributed by atoms with Crippen LogP contribution in [0.1, 0.15) is 32.1 Å². The summed E-state index contributed by atoms with van der Waals surface area (Å²) in [4.78, 5) is 11.9. The van der Waals surface area contributed by atoms with Crippen LogP contribution in [-0.4, -0.2) is 34.7 Å². The Hall–Kier alpha value is -0.220. The molecule has 0 aromatic heterocycles. The number of amides is 1. The molecule has 0 aromatic rings. The van der Waals surface area contributed by atoms with Crippen LogP contribution in [0.2, 0.25) is 0 Å². The highest BCUT2D eigenvalue weighted by Gasteiger charge is 2.30. The fourth-order valence-corrected chi connectivity index (χ4v) is 3.52. The monoisotopic (exact) mass is 229 g/mol. The van der Waals surface area contributed by atoms with E-state index in [0.717, 1.165) is 24.3 Å². The van der Waals surface area contributed by atoms with Crippen LogP contribution in [-0.2, 0) is 4.79 Å². The Bertz CT molecular complexity index is 229. The van der Waals surface area contributed by atoms with Gasteiger partial charge in [0.25, 0.3) is 0 Å². The van der Waals surface area contributed by atoms with Crippen molar-refractivity contribution in [3.63, 3.8) is 0 Å². The van der Waals surface area contributed by atoms with Gasteiger partial charge in [-0.15, -0.1) is 0 Å². The standard InChI is InChI=1S/C11H19NO2S/c13-10-7-15-6-9(10)12-11(14)8-4-2-1-3-5-8/h8-10,13H,1-7H2,(H,12,14). The third-order valence-electron chi connectivity index (χ3n) is 3.35. The highest BCUT2D eigenvalue weighted by molar-refractivity contribution is 7.99. The van der Waals surface area contributed by atoms with Crippen molar-refractivity contribution in [1.29, 1.82) is 0 Å². The minimum atomic E-state index is -0.345. The summed E-state index contributed by atoms with van der Waals surface area (Å²) >= 11 is 1.71. The van der Waals surface area contributed by atoms with E-state index in [1.54, 1.807) is 11.8 Å². The van der Waals surface area contributed by atoms with Gasteiger partial charge in [-0.05, 0) is 12.8 Å². The lowest BCUT2D eigenvalue weighted by molar-refractivity contribution is -0.127. The summed E-state index contributed by atoms with van der Waals surface area (Å²) in [7, 11) is 0. The maximum atomic E-state index is 11.9. The van der Waals surface area contributed by atoms with Crippen LogP contribution in [0.25, 0.3) is 0 Å². The van der Waals surface area contributed by atoms with Crippen LogP contribution in [0.15, 0.2) is 0 Å². The first-order valence-corrected chi connectivity index (χ1v) is 6.99. The van der Waals surface area contributed by atoms with Gasteiger partial charge in [0.05, 0.1) is 12.1 Å². The number of aliphatic hydroxyl groups excluding tert-OH is 1. The summed E-state index contributed by atoms with van der Waals surface area (Å²) in [5.41, 5.74) is 0. The number of carbonyl (C=O) groups is 1. The van der Waals surface area contributed by atoms with E-state index in [4.69, 9.17) is 0 Å². The molecule has 1 aliphatic heterocycles. The molecule has 2 fully saturated rings. The normalized spacial score (nSPS) is 32.9. The molecule has 2 aliphatic rings. The van der Waals surface area contributed by atoms with E-state index < -0.39 is 0 Å². The number of aliphatic hydroxyl groups is 1. The number of thioether (sulfide) groups is 1. The van der Waals surface area contributed by atoms with Gasteiger partial charge < -0.3 is 10.4 Å². The van der Waals surface area contributed by atoms with Crippen LogP contribution in [0.4, 0.5) is 0 Å². The van der Waals surface area contributed by atoms with Crippen molar-refractivity contribution in [3.05, 3.63) is 0 Å². The molecule has 0 aromatic carbocycles. The van der Waals surface area contributed by atoms with Crippen LogP contribution in [0, 0.1) is 5.92 Å². The van der Waals surface area contributed by atoms with Crippen molar-refractivity contribution in [2.45, 2.75) is 44.2 Å². The minimum absolute atomic E-state index is 0.00979. The largest absolute Gasteiger partial charge is 0.390 e. The predicted octanol–water partition coefficient (Wildman–Crippen LogP) is 1.16. The van der Waals surface area contributed by atoms with E-state index >= 15 is 0 Å². The lowest BCUT2D eigenvalue weighted by Crippen LogP contribution is -2.45. The highest BCUT2D eigenvalue weighted by atomic mass is 32.2. The molecule has 1 saturated carbocycles. The van der Waals surface area contributed by atoms with E-state index in [1.165, 1.54) is 19.3 Å². The first-order valence-electron chi connectivity index (χ1n) is 5.83. The number of carbonyl (C=O) groups excluding carboxylic acids is 1. The quantitative estimate of drug-likeness (QED) is 0.747. The van der Waals surface area contributed by atoms with Crippen molar-refractivity contribution < 1.29 is 9.90 Å². The van der Waals surface area contributed by atoms with Crippen LogP contribution in [0.5, 0.6) is 0 Å². The zero-order chi connectivity index (χ0) is 10.7. The first-order chi connectivity index (χ1) is 7.27. The molecule has 1 amide bonds. The molecule has 0 spiro atoms. The van der Waals surface area contributed by atoms with E-state index in [2.05, 4.69) is 5.32 Å². The molecule has 1 heterocycles. The van der Waals surface area contributed by atoms with E-state index in [-0.39, 0.29) is 24.0 Å². The van der Waals surface area contributed by atoms with E-state index in [0.29, 0.717) is 0 Å². The average Bonchev–Trinajstić information content (AvgIpc) is 2.66.